The summed E-state index contributed by atoms with van der Waals surface area (Å²) in [4.78, 5) is 14.5. The number of carbonyl (C=O) groups is 1. The zero-order chi connectivity index (χ0) is 13.4. The van der Waals surface area contributed by atoms with Gasteiger partial charge in [-0.1, -0.05) is 11.6 Å². The van der Waals surface area contributed by atoms with Crippen LogP contribution in [0.25, 0.3) is 0 Å². The van der Waals surface area contributed by atoms with Crippen LogP contribution in [0.3, 0.4) is 0 Å². The van der Waals surface area contributed by atoms with E-state index in [0.717, 1.165) is 43.5 Å². The molecule has 1 heterocycles. The van der Waals surface area contributed by atoms with Crippen LogP contribution in [0.4, 0.5) is 5.69 Å². The largest absolute Gasteiger partial charge is 0.384 e. The number of rotatable bonds is 2. The lowest BCUT2D eigenvalue weighted by Gasteiger charge is -2.35. The average molecular weight is 279 g/mol. The summed E-state index contributed by atoms with van der Waals surface area (Å²) in [5, 5.41) is 4.02. The lowest BCUT2D eigenvalue weighted by atomic mass is 9.91. The third kappa shape index (κ3) is 2.32. The fourth-order valence-electron chi connectivity index (χ4n) is 2.86. The van der Waals surface area contributed by atoms with Crippen LogP contribution in [-0.4, -0.2) is 30.4 Å². The summed E-state index contributed by atoms with van der Waals surface area (Å²) in [7, 11) is 1.91. The molecule has 0 atom stereocenters. The van der Waals surface area contributed by atoms with Crippen LogP contribution < -0.4 is 5.32 Å². The number of nitrogens with one attached hydrogen (secondary N) is 1. The Morgan fingerprint density at radius 3 is 2.84 bits per heavy atom. The number of carbonyl (C=O) groups excluding carboxylic acids is 1. The number of fused-ring (bicyclic) bond motifs is 1. The molecule has 4 heteroatoms. The molecule has 1 fully saturated rings. The zero-order valence-corrected chi connectivity index (χ0v) is 12.0. The molecule has 1 amide bonds. The number of aryl methyl sites for hydroxylation is 1. The van der Waals surface area contributed by atoms with E-state index in [1.165, 1.54) is 12.0 Å². The van der Waals surface area contributed by atoms with Gasteiger partial charge in [-0.3, -0.25) is 4.79 Å². The van der Waals surface area contributed by atoms with Crippen molar-refractivity contribution in [3.63, 3.8) is 0 Å². The maximum atomic E-state index is 12.6. The van der Waals surface area contributed by atoms with E-state index < -0.39 is 0 Å². The highest BCUT2D eigenvalue weighted by Gasteiger charge is 2.28. The molecule has 19 heavy (non-hydrogen) atoms. The monoisotopic (exact) mass is 278 g/mol. The maximum absolute atomic E-state index is 12.6. The normalized spacial score (nSPS) is 18.2. The van der Waals surface area contributed by atoms with Crippen LogP contribution in [0.1, 0.15) is 41.6 Å². The molecular weight excluding hydrogens is 260 g/mol. The third-order valence-corrected chi connectivity index (χ3v) is 4.50. The number of halogens is 1. The van der Waals surface area contributed by atoms with Crippen LogP contribution in [0.2, 0.25) is 5.02 Å². The highest BCUT2D eigenvalue weighted by Crippen LogP contribution is 2.32. The molecule has 1 aromatic carbocycles. The molecule has 3 rings (SSSR count). The van der Waals surface area contributed by atoms with E-state index in [0.29, 0.717) is 11.1 Å². The summed E-state index contributed by atoms with van der Waals surface area (Å²) in [6.45, 7) is 0.933. The number of nitrogens with zero attached hydrogens (tertiary/aromatic N) is 1. The molecule has 0 saturated heterocycles. The molecule has 3 nitrogen and oxygen atoms in total. The van der Waals surface area contributed by atoms with Crippen molar-refractivity contribution in [3.05, 3.63) is 28.3 Å². The van der Waals surface area contributed by atoms with Crippen LogP contribution in [0.15, 0.2) is 12.1 Å². The van der Waals surface area contributed by atoms with Gasteiger partial charge in [0.05, 0.1) is 11.3 Å². The quantitative estimate of drug-likeness (QED) is 0.900. The molecule has 0 aromatic heterocycles. The molecule has 2 aliphatic rings. The Bertz CT molecular complexity index is 511. The van der Waals surface area contributed by atoms with Gasteiger partial charge in [0, 0.05) is 24.7 Å². The standard InChI is InChI=1S/C15H19ClN2O/c1-18(12-5-2-6-12)15(19)13-9-11(16)8-10-4-3-7-17-14(10)13/h8-9,12,17H,2-7H2,1H3. The van der Waals surface area contributed by atoms with E-state index in [-0.39, 0.29) is 5.91 Å². The van der Waals surface area contributed by atoms with Crippen LogP contribution in [0.5, 0.6) is 0 Å². The Kier molecular flexibility index (Phi) is 3.40. The van der Waals surface area contributed by atoms with E-state index in [2.05, 4.69) is 5.32 Å². The van der Waals surface area contributed by atoms with Crippen molar-refractivity contribution in [2.75, 3.05) is 18.9 Å². The van der Waals surface area contributed by atoms with Gasteiger partial charge in [-0.05, 0) is 49.8 Å². The topological polar surface area (TPSA) is 32.3 Å². The summed E-state index contributed by atoms with van der Waals surface area (Å²) < 4.78 is 0. The average Bonchev–Trinajstić information content (AvgIpc) is 2.34. The number of amides is 1. The van der Waals surface area contributed by atoms with Gasteiger partial charge in [-0.15, -0.1) is 0 Å². The molecule has 0 bridgehead atoms. The number of hydrogen-bond acceptors (Lipinski definition) is 2. The maximum Gasteiger partial charge on any atom is 0.256 e. The summed E-state index contributed by atoms with van der Waals surface area (Å²) in [6, 6.07) is 4.19. The van der Waals surface area contributed by atoms with Gasteiger partial charge < -0.3 is 10.2 Å². The molecule has 1 saturated carbocycles. The SMILES string of the molecule is CN(C(=O)c1cc(Cl)cc2c1NCCC2)C1CCC1. The van der Waals surface area contributed by atoms with Gasteiger partial charge in [0.25, 0.3) is 5.91 Å². The van der Waals surface area contributed by atoms with Crippen LogP contribution in [0, 0.1) is 0 Å². The van der Waals surface area contributed by atoms with Crippen molar-refractivity contribution in [1.29, 1.82) is 0 Å². The van der Waals surface area contributed by atoms with Crippen molar-refractivity contribution in [1.82, 2.24) is 4.90 Å². The van der Waals surface area contributed by atoms with Gasteiger partial charge in [0.15, 0.2) is 0 Å². The minimum absolute atomic E-state index is 0.0952. The highest BCUT2D eigenvalue weighted by molar-refractivity contribution is 6.31. The van der Waals surface area contributed by atoms with E-state index in [4.69, 9.17) is 11.6 Å². The van der Waals surface area contributed by atoms with Gasteiger partial charge in [0.1, 0.15) is 0 Å². The van der Waals surface area contributed by atoms with Gasteiger partial charge in [-0.25, -0.2) is 0 Å². The van der Waals surface area contributed by atoms with Crippen molar-refractivity contribution in [3.8, 4) is 0 Å². The van der Waals surface area contributed by atoms with E-state index in [1.807, 2.05) is 18.0 Å². The smallest absolute Gasteiger partial charge is 0.256 e. The minimum atomic E-state index is 0.0952. The molecular formula is C15H19ClN2O. The first-order valence-corrected chi connectivity index (χ1v) is 7.38. The number of benzene rings is 1. The first-order valence-electron chi connectivity index (χ1n) is 7.00. The van der Waals surface area contributed by atoms with Crippen LogP contribution >= 0.6 is 11.6 Å². The van der Waals surface area contributed by atoms with Crippen molar-refractivity contribution in [2.24, 2.45) is 0 Å². The van der Waals surface area contributed by atoms with E-state index >= 15 is 0 Å². The molecule has 1 aliphatic carbocycles. The van der Waals surface area contributed by atoms with Gasteiger partial charge in [-0.2, -0.15) is 0 Å². The second-order valence-electron chi connectivity index (χ2n) is 5.52. The van der Waals surface area contributed by atoms with Gasteiger partial charge >= 0.3 is 0 Å². The number of hydrogen-bond donors (Lipinski definition) is 1. The van der Waals surface area contributed by atoms with E-state index in [1.54, 1.807) is 6.07 Å². The summed E-state index contributed by atoms with van der Waals surface area (Å²) in [6.07, 6.45) is 5.57. The predicted octanol–water partition coefficient (Wildman–Crippen LogP) is 3.32. The first-order chi connectivity index (χ1) is 9.16. The molecule has 1 aliphatic heterocycles. The summed E-state index contributed by atoms with van der Waals surface area (Å²) >= 11 is 6.16. The summed E-state index contributed by atoms with van der Waals surface area (Å²) in [5.74, 6) is 0.0952. The molecule has 1 aromatic rings. The Morgan fingerprint density at radius 1 is 1.37 bits per heavy atom. The van der Waals surface area contributed by atoms with Crippen molar-refractivity contribution >= 4 is 23.2 Å². The predicted molar refractivity (Wildman–Crippen MR) is 78.0 cm³/mol. The van der Waals surface area contributed by atoms with Crippen LogP contribution in [-0.2, 0) is 6.42 Å². The minimum Gasteiger partial charge on any atom is -0.384 e. The summed E-state index contributed by atoms with van der Waals surface area (Å²) in [5.41, 5.74) is 2.90. The van der Waals surface area contributed by atoms with Crippen molar-refractivity contribution in [2.45, 2.75) is 38.1 Å². The van der Waals surface area contributed by atoms with E-state index in [9.17, 15) is 4.79 Å². The molecule has 1 N–H and O–H groups in total. The highest BCUT2D eigenvalue weighted by atomic mass is 35.5. The fraction of sp³-hybridized carbons (Fsp3) is 0.533. The first kappa shape index (κ1) is 12.8. The Labute approximate surface area is 118 Å². The van der Waals surface area contributed by atoms with Gasteiger partial charge in [0.2, 0.25) is 0 Å². The molecule has 0 spiro atoms. The second-order valence-corrected chi connectivity index (χ2v) is 5.96. The Hall–Kier alpha value is -1.22. The Balaban J connectivity index is 1.94. The molecule has 0 unspecified atom stereocenters. The lowest BCUT2D eigenvalue weighted by Crippen LogP contribution is -2.41. The molecule has 102 valence electrons. The number of anilines is 1. The fourth-order valence-corrected chi connectivity index (χ4v) is 3.10. The zero-order valence-electron chi connectivity index (χ0n) is 11.2. The Morgan fingerprint density at radius 2 is 2.16 bits per heavy atom. The lowest BCUT2D eigenvalue weighted by molar-refractivity contribution is 0.0653. The second kappa shape index (κ2) is 5.04. The van der Waals surface area contributed by atoms with Crippen molar-refractivity contribution < 1.29 is 4.79 Å². The molecule has 0 radical (unpaired) electrons. The third-order valence-electron chi connectivity index (χ3n) is 4.28.